The van der Waals surface area contributed by atoms with Crippen LogP contribution >= 0.6 is 0 Å². The van der Waals surface area contributed by atoms with Gasteiger partial charge in [0.15, 0.2) is 0 Å². The highest BCUT2D eigenvalue weighted by molar-refractivity contribution is 4.59. The Morgan fingerprint density at radius 1 is 1.31 bits per heavy atom. The van der Waals surface area contributed by atoms with Crippen LogP contribution < -0.4 is 5.32 Å². The zero-order valence-corrected chi connectivity index (χ0v) is 7.96. The van der Waals surface area contributed by atoms with E-state index in [4.69, 9.17) is 4.74 Å². The quantitative estimate of drug-likeness (QED) is 0.629. The monoisotopic (exact) mass is 197 g/mol. The fourth-order valence-corrected chi connectivity index (χ4v) is 0.722. The number of hydrogen-bond donors (Lipinski definition) is 2. The number of hydrogen-bond acceptors (Lipinski definition) is 3. The first-order valence-corrected chi connectivity index (χ1v) is 4.31. The Morgan fingerprint density at radius 2 is 1.92 bits per heavy atom. The van der Waals surface area contributed by atoms with Crippen LogP contribution in [-0.2, 0) is 4.74 Å². The Bertz CT molecular complexity index is 123. The molecule has 0 saturated heterocycles. The molecule has 0 aliphatic heterocycles. The molecule has 2 N–H and O–H groups in total. The molecule has 0 aliphatic carbocycles. The van der Waals surface area contributed by atoms with Gasteiger partial charge in [-0.15, -0.1) is 0 Å². The molecule has 0 radical (unpaired) electrons. The van der Waals surface area contributed by atoms with E-state index in [-0.39, 0.29) is 19.3 Å². The van der Waals surface area contributed by atoms with E-state index in [2.05, 4.69) is 5.32 Å². The summed E-state index contributed by atoms with van der Waals surface area (Å²) in [6, 6.07) is 0. The molecule has 0 spiro atoms. The topological polar surface area (TPSA) is 41.5 Å². The van der Waals surface area contributed by atoms with Crippen molar-refractivity contribution < 1.29 is 18.6 Å². The van der Waals surface area contributed by atoms with E-state index in [0.717, 1.165) is 0 Å². The smallest absolute Gasteiger partial charge is 0.250 e. The van der Waals surface area contributed by atoms with Gasteiger partial charge in [0.2, 0.25) is 0 Å². The van der Waals surface area contributed by atoms with Gasteiger partial charge in [-0.1, -0.05) is 0 Å². The average molecular weight is 197 g/mol. The molecule has 0 aromatic carbocycles. The van der Waals surface area contributed by atoms with Gasteiger partial charge in [0.25, 0.3) is 6.43 Å². The van der Waals surface area contributed by atoms with Crippen molar-refractivity contribution in [2.24, 2.45) is 0 Å². The molecular weight excluding hydrogens is 180 g/mol. The maximum Gasteiger partial charge on any atom is 0.250 e. The molecule has 80 valence electrons. The number of ether oxygens (including phenoxy) is 1. The number of alkyl halides is 2. The van der Waals surface area contributed by atoms with Gasteiger partial charge >= 0.3 is 0 Å². The Morgan fingerprint density at radius 3 is 2.38 bits per heavy atom. The minimum Gasteiger partial charge on any atom is -0.389 e. The molecular formula is C8H17F2NO2. The van der Waals surface area contributed by atoms with Crippen molar-refractivity contribution >= 4 is 0 Å². The molecule has 1 atom stereocenters. The second-order valence-electron chi connectivity index (χ2n) is 3.09. The van der Waals surface area contributed by atoms with Crippen molar-refractivity contribution in [2.45, 2.75) is 32.5 Å². The summed E-state index contributed by atoms with van der Waals surface area (Å²) in [5, 5.41) is 11.6. The number of rotatable bonds is 7. The van der Waals surface area contributed by atoms with Crippen molar-refractivity contribution in [3.8, 4) is 0 Å². The average Bonchev–Trinajstić information content (AvgIpc) is 2.00. The lowest BCUT2D eigenvalue weighted by molar-refractivity contribution is 0.00495. The molecule has 0 aromatic heterocycles. The summed E-state index contributed by atoms with van der Waals surface area (Å²) in [5.74, 6) is 0. The molecule has 0 aliphatic rings. The fraction of sp³-hybridized carbons (Fsp3) is 1.00. The molecule has 1 unspecified atom stereocenters. The van der Waals surface area contributed by atoms with Crippen LogP contribution in [-0.4, -0.2) is 43.4 Å². The van der Waals surface area contributed by atoms with Crippen LogP contribution in [0.3, 0.4) is 0 Å². The molecule has 0 heterocycles. The first-order chi connectivity index (χ1) is 6.02. The van der Waals surface area contributed by atoms with Crippen molar-refractivity contribution in [1.29, 1.82) is 0 Å². The first-order valence-electron chi connectivity index (χ1n) is 4.31. The van der Waals surface area contributed by atoms with Crippen LogP contribution in [0, 0.1) is 0 Å². The Kier molecular flexibility index (Phi) is 7.03. The fourth-order valence-electron chi connectivity index (χ4n) is 0.722. The molecule has 0 bridgehead atoms. The molecule has 13 heavy (non-hydrogen) atoms. The van der Waals surface area contributed by atoms with Crippen LogP contribution in [0.5, 0.6) is 0 Å². The van der Waals surface area contributed by atoms with Crippen LogP contribution in [0.1, 0.15) is 13.8 Å². The second-order valence-corrected chi connectivity index (χ2v) is 3.09. The lowest BCUT2D eigenvalue weighted by Gasteiger charge is -2.13. The molecule has 0 aromatic rings. The van der Waals surface area contributed by atoms with E-state index >= 15 is 0 Å². The van der Waals surface area contributed by atoms with Gasteiger partial charge in [-0.2, -0.15) is 0 Å². The van der Waals surface area contributed by atoms with Crippen LogP contribution in [0.2, 0.25) is 0 Å². The first kappa shape index (κ1) is 12.7. The number of nitrogens with one attached hydrogen (secondary N) is 1. The highest BCUT2D eigenvalue weighted by Gasteiger charge is 2.07. The Balaban J connectivity index is 3.25. The van der Waals surface area contributed by atoms with Crippen molar-refractivity contribution in [3.63, 3.8) is 0 Å². The Hall–Kier alpha value is -0.260. The van der Waals surface area contributed by atoms with Crippen molar-refractivity contribution in [3.05, 3.63) is 0 Å². The van der Waals surface area contributed by atoms with Crippen LogP contribution in [0.15, 0.2) is 0 Å². The minimum atomic E-state index is -2.38. The van der Waals surface area contributed by atoms with Crippen LogP contribution in [0.25, 0.3) is 0 Å². The highest BCUT2D eigenvalue weighted by atomic mass is 19.3. The maximum absolute atomic E-state index is 11.6. The molecule has 5 heteroatoms. The van der Waals surface area contributed by atoms with E-state index in [1.807, 2.05) is 13.8 Å². The molecule has 3 nitrogen and oxygen atoms in total. The SMILES string of the molecule is CC(C)OCC(O)CNCC(F)F. The third-order valence-corrected chi connectivity index (χ3v) is 1.30. The van der Waals surface area contributed by atoms with Crippen molar-refractivity contribution in [1.82, 2.24) is 5.32 Å². The molecule has 0 fully saturated rings. The summed E-state index contributed by atoms with van der Waals surface area (Å²) < 4.78 is 28.3. The summed E-state index contributed by atoms with van der Waals surface area (Å²) in [5.41, 5.74) is 0. The van der Waals surface area contributed by atoms with E-state index in [0.29, 0.717) is 0 Å². The van der Waals surface area contributed by atoms with Gasteiger partial charge in [0.1, 0.15) is 0 Å². The van der Waals surface area contributed by atoms with E-state index in [1.165, 1.54) is 0 Å². The third-order valence-electron chi connectivity index (χ3n) is 1.30. The predicted octanol–water partition coefficient (Wildman–Crippen LogP) is 0.627. The van der Waals surface area contributed by atoms with Gasteiger partial charge in [-0.3, -0.25) is 0 Å². The van der Waals surface area contributed by atoms with E-state index in [1.54, 1.807) is 0 Å². The Labute approximate surface area is 77.1 Å². The van der Waals surface area contributed by atoms with Crippen LogP contribution in [0.4, 0.5) is 8.78 Å². The van der Waals surface area contributed by atoms with Gasteiger partial charge in [0, 0.05) is 6.54 Å². The van der Waals surface area contributed by atoms with Gasteiger partial charge in [-0.05, 0) is 13.8 Å². The second kappa shape index (κ2) is 7.17. The summed E-state index contributed by atoms with van der Waals surface area (Å²) in [4.78, 5) is 0. The van der Waals surface area contributed by atoms with Gasteiger partial charge in [0.05, 0.1) is 25.4 Å². The minimum absolute atomic E-state index is 0.0461. The summed E-state index contributed by atoms with van der Waals surface area (Å²) in [7, 11) is 0. The van der Waals surface area contributed by atoms with E-state index in [9.17, 15) is 13.9 Å². The zero-order valence-electron chi connectivity index (χ0n) is 7.96. The van der Waals surface area contributed by atoms with E-state index < -0.39 is 19.1 Å². The maximum atomic E-state index is 11.6. The normalized spacial score (nSPS) is 14.1. The number of halogens is 2. The van der Waals surface area contributed by atoms with Gasteiger partial charge < -0.3 is 15.2 Å². The number of aliphatic hydroxyl groups is 1. The summed E-state index contributed by atoms with van der Waals surface area (Å²) in [6.45, 7) is 3.61. The summed E-state index contributed by atoms with van der Waals surface area (Å²) >= 11 is 0. The third kappa shape index (κ3) is 9.66. The molecule has 0 saturated carbocycles. The lowest BCUT2D eigenvalue weighted by atomic mass is 10.3. The standard InChI is InChI=1S/C8H17F2NO2/c1-6(2)13-5-7(12)3-11-4-8(9)10/h6-8,11-12H,3-5H2,1-2H3. The molecule has 0 rings (SSSR count). The number of aliphatic hydroxyl groups excluding tert-OH is 1. The lowest BCUT2D eigenvalue weighted by Crippen LogP contribution is -2.33. The largest absolute Gasteiger partial charge is 0.389 e. The molecule has 0 amide bonds. The highest BCUT2D eigenvalue weighted by Crippen LogP contribution is 1.92. The predicted molar refractivity (Wildman–Crippen MR) is 46.0 cm³/mol. The zero-order chi connectivity index (χ0) is 10.3. The van der Waals surface area contributed by atoms with Crippen molar-refractivity contribution in [2.75, 3.05) is 19.7 Å². The summed E-state index contributed by atoms with van der Waals surface area (Å²) in [6.07, 6.45) is -3.05. The van der Waals surface area contributed by atoms with Gasteiger partial charge in [-0.25, -0.2) is 8.78 Å².